The van der Waals surface area contributed by atoms with Gasteiger partial charge in [0.25, 0.3) is 5.91 Å². The lowest BCUT2D eigenvalue weighted by Gasteiger charge is -2.28. The molecule has 1 aliphatic rings. The van der Waals surface area contributed by atoms with Crippen molar-refractivity contribution >= 4 is 17.8 Å². The van der Waals surface area contributed by atoms with Crippen LogP contribution in [0.25, 0.3) is 0 Å². The third kappa shape index (κ3) is 3.44. The van der Waals surface area contributed by atoms with Crippen molar-refractivity contribution in [1.82, 2.24) is 10.2 Å². The molecule has 118 valence electrons. The Morgan fingerprint density at radius 2 is 1.95 bits per heavy atom. The van der Waals surface area contributed by atoms with Crippen molar-refractivity contribution in [2.75, 3.05) is 13.7 Å². The monoisotopic (exact) mass is 304 g/mol. The van der Waals surface area contributed by atoms with E-state index in [0.717, 1.165) is 6.42 Å². The number of benzene rings is 1. The largest absolute Gasteiger partial charge is 0.453 e. The Morgan fingerprint density at radius 1 is 1.27 bits per heavy atom. The molecule has 6 nitrogen and oxygen atoms in total. The molecule has 1 fully saturated rings. The van der Waals surface area contributed by atoms with Gasteiger partial charge in [0.1, 0.15) is 6.04 Å². The summed E-state index contributed by atoms with van der Waals surface area (Å²) >= 11 is 0. The Morgan fingerprint density at radius 3 is 2.55 bits per heavy atom. The number of ether oxygens (including phenoxy) is 1. The van der Waals surface area contributed by atoms with E-state index in [-0.39, 0.29) is 11.7 Å². The first-order valence-corrected chi connectivity index (χ1v) is 7.25. The Labute approximate surface area is 129 Å². The van der Waals surface area contributed by atoms with Crippen molar-refractivity contribution in [2.24, 2.45) is 0 Å². The van der Waals surface area contributed by atoms with Crippen LogP contribution in [0.15, 0.2) is 30.3 Å². The summed E-state index contributed by atoms with van der Waals surface area (Å²) in [6.45, 7) is 2.01. The smallest absolute Gasteiger partial charge is 0.407 e. The lowest BCUT2D eigenvalue weighted by molar-refractivity contribution is -0.138. The van der Waals surface area contributed by atoms with Crippen LogP contribution in [-0.2, 0) is 14.3 Å². The molecule has 2 atom stereocenters. The molecule has 0 saturated carbocycles. The van der Waals surface area contributed by atoms with Gasteiger partial charge in [0.05, 0.1) is 13.2 Å². The first-order chi connectivity index (χ1) is 10.5. The van der Waals surface area contributed by atoms with Crippen LogP contribution < -0.4 is 5.32 Å². The minimum Gasteiger partial charge on any atom is -0.453 e. The van der Waals surface area contributed by atoms with Crippen LogP contribution in [0.1, 0.15) is 31.4 Å². The number of hydrogen-bond acceptors (Lipinski definition) is 4. The minimum absolute atomic E-state index is 0.0317. The zero-order valence-corrected chi connectivity index (χ0v) is 12.7. The van der Waals surface area contributed by atoms with Crippen LogP contribution in [0, 0.1) is 0 Å². The van der Waals surface area contributed by atoms with Gasteiger partial charge in [0, 0.05) is 6.54 Å². The SMILES string of the molecule is COC(=O)N[C@@H](C(=O)N1CCC[C@H]1C(C)=O)c1ccccc1. The second-order valence-electron chi connectivity index (χ2n) is 5.28. The van der Waals surface area contributed by atoms with E-state index in [2.05, 4.69) is 10.1 Å². The highest BCUT2D eigenvalue weighted by atomic mass is 16.5. The van der Waals surface area contributed by atoms with Gasteiger partial charge in [0.15, 0.2) is 5.78 Å². The van der Waals surface area contributed by atoms with Crippen molar-refractivity contribution in [2.45, 2.75) is 31.8 Å². The van der Waals surface area contributed by atoms with Gasteiger partial charge in [-0.3, -0.25) is 9.59 Å². The normalized spacial score (nSPS) is 18.6. The van der Waals surface area contributed by atoms with E-state index < -0.39 is 18.2 Å². The van der Waals surface area contributed by atoms with Gasteiger partial charge in [-0.05, 0) is 25.3 Å². The topological polar surface area (TPSA) is 75.7 Å². The molecule has 6 heteroatoms. The summed E-state index contributed by atoms with van der Waals surface area (Å²) in [7, 11) is 1.25. The lowest BCUT2D eigenvalue weighted by atomic mass is 10.0. The van der Waals surface area contributed by atoms with E-state index in [0.29, 0.717) is 18.5 Å². The Hall–Kier alpha value is -2.37. The second-order valence-corrected chi connectivity index (χ2v) is 5.28. The Bertz CT molecular complexity index is 559. The van der Waals surface area contributed by atoms with Gasteiger partial charge >= 0.3 is 6.09 Å². The molecule has 0 radical (unpaired) electrons. The van der Waals surface area contributed by atoms with Crippen molar-refractivity contribution < 1.29 is 19.1 Å². The molecule has 1 heterocycles. The van der Waals surface area contributed by atoms with Gasteiger partial charge in [0.2, 0.25) is 0 Å². The molecule has 1 saturated heterocycles. The molecule has 0 unspecified atom stereocenters. The summed E-state index contributed by atoms with van der Waals surface area (Å²) in [6.07, 6.45) is 0.775. The minimum atomic E-state index is -0.853. The molecule has 0 aromatic heterocycles. The van der Waals surface area contributed by atoms with Crippen molar-refractivity contribution in [1.29, 1.82) is 0 Å². The first-order valence-electron chi connectivity index (χ1n) is 7.25. The molecule has 22 heavy (non-hydrogen) atoms. The van der Waals surface area contributed by atoms with Gasteiger partial charge < -0.3 is 15.0 Å². The average Bonchev–Trinajstić information content (AvgIpc) is 3.02. The van der Waals surface area contributed by atoms with E-state index in [1.165, 1.54) is 14.0 Å². The van der Waals surface area contributed by atoms with Crippen LogP contribution in [0.5, 0.6) is 0 Å². The molecular weight excluding hydrogens is 284 g/mol. The van der Waals surface area contributed by atoms with Gasteiger partial charge in [-0.15, -0.1) is 0 Å². The van der Waals surface area contributed by atoms with Crippen LogP contribution in [0.2, 0.25) is 0 Å². The first kappa shape index (κ1) is 16.0. The standard InChI is InChI=1S/C16H20N2O4/c1-11(19)13-9-6-10-18(13)15(20)14(17-16(21)22-2)12-7-4-3-5-8-12/h3-5,7-8,13-14H,6,9-10H2,1-2H3,(H,17,21)/t13-,14+/m0/s1. The fourth-order valence-electron chi connectivity index (χ4n) is 2.73. The summed E-state index contributed by atoms with van der Waals surface area (Å²) < 4.78 is 4.60. The summed E-state index contributed by atoms with van der Waals surface area (Å²) in [5.74, 6) is -0.315. The number of alkyl carbamates (subject to hydrolysis) is 1. The fraction of sp³-hybridized carbons (Fsp3) is 0.438. The van der Waals surface area contributed by atoms with Crippen molar-refractivity contribution in [3.05, 3.63) is 35.9 Å². The maximum absolute atomic E-state index is 12.8. The zero-order chi connectivity index (χ0) is 16.1. The molecule has 2 amide bonds. The maximum Gasteiger partial charge on any atom is 0.407 e. The van der Waals surface area contributed by atoms with E-state index in [1.807, 2.05) is 6.07 Å². The number of amides is 2. The van der Waals surface area contributed by atoms with Crippen molar-refractivity contribution in [3.63, 3.8) is 0 Å². The van der Waals surface area contributed by atoms with E-state index in [1.54, 1.807) is 29.2 Å². The lowest BCUT2D eigenvalue weighted by Crippen LogP contribution is -2.46. The molecule has 1 N–H and O–H groups in total. The number of methoxy groups -OCH3 is 1. The molecule has 2 rings (SSSR count). The number of Topliss-reactive ketones (excluding diaryl/α,β-unsaturated/α-hetero) is 1. The number of likely N-dealkylation sites (tertiary alicyclic amines) is 1. The quantitative estimate of drug-likeness (QED) is 0.918. The van der Waals surface area contributed by atoms with Gasteiger partial charge in [-0.1, -0.05) is 30.3 Å². The van der Waals surface area contributed by atoms with E-state index in [4.69, 9.17) is 0 Å². The summed E-state index contributed by atoms with van der Waals surface area (Å²) in [6, 6.07) is 7.68. The maximum atomic E-state index is 12.8. The molecule has 0 aliphatic carbocycles. The molecule has 0 bridgehead atoms. The molecule has 1 aromatic rings. The highest BCUT2D eigenvalue weighted by Crippen LogP contribution is 2.24. The summed E-state index contributed by atoms with van der Waals surface area (Å²) in [5.41, 5.74) is 0.659. The third-order valence-corrected chi connectivity index (χ3v) is 3.83. The number of rotatable bonds is 4. The summed E-state index contributed by atoms with van der Waals surface area (Å²) in [5, 5.41) is 2.56. The number of hydrogen-bond donors (Lipinski definition) is 1. The molecule has 1 aliphatic heterocycles. The van der Waals surface area contributed by atoms with Gasteiger partial charge in [-0.2, -0.15) is 0 Å². The van der Waals surface area contributed by atoms with Crippen LogP contribution in [-0.4, -0.2) is 42.4 Å². The van der Waals surface area contributed by atoms with Gasteiger partial charge in [-0.25, -0.2) is 4.79 Å². The van der Waals surface area contributed by atoms with Crippen LogP contribution in [0.3, 0.4) is 0 Å². The second kappa shape index (κ2) is 7.06. The predicted molar refractivity (Wildman–Crippen MR) is 80.1 cm³/mol. The number of nitrogens with zero attached hydrogens (tertiary/aromatic N) is 1. The third-order valence-electron chi connectivity index (χ3n) is 3.83. The highest BCUT2D eigenvalue weighted by Gasteiger charge is 2.36. The number of ketones is 1. The number of carbonyl (C=O) groups is 3. The summed E-state index contributed by atoms with van der Waals surface area (Å²) in [4.78, 5) is 37.6. The number of nitrogens with one attached hydrogen (secondary N) is 1. The number of carbonyl (C=O) groups excluding carboxylic acids is 3. The predicted octanol–water partition coefficient (Wildman–Crippen LogP) is 1.66. The van der Waals surface area contributed by atoms with Crippen LogP contribution in [0.4, 0.5) is 4.79 Å². The molecule has 1 aromatic carbocycles. The molecule has 0 spiro atoms. The van der Waals surface area contributed by atoms with Crippen molar-refractivity contribution in [3.8, 4) is 0 Å². The zero-order valence-electron chi connectivity index (χ0n) is 12.7. The molecular formula is C16H20N2O4. The van der Waals surface area contributed by atoms with E-state index in [9.17, 15) is 14.4 Å². The average molecular weight is 304 g/mol. The fourth-order valence-corrected chi connectivity index (χ4v) is 2.73. The van der Waals surface area contributed by atoms with E-state index >= 15 is 0 Å². The highest BCUT2D eigenvalue weighted by molar-refractivity contribution is 5.92. The Balaban J connectivity index is 2.26. The Kier molecular flexibility index (Phi) is 5.14. The van der Waals surface area contributed by atoms with Crippen LogP contribution >= 0.6 is 0 Å².